The normalized spacial score (nSPS) is 30.5. The number of likely N-dealkylation sites (tertiary alicyclic amines) is 1. The Morgan fingerprint density at radius 3 is 2.63 bits per heavy atom. The highest BCUT2D eigenvalue weighted by molar-refractivity contribution is 6.42. The van der Waals surface area contributed by atoms with Crippen molar-refractivity contribution in [3.63, 3.8) is 0 Å². The number of nitrogens with zero attached hydrogens (tertiary/aromatic N) is 2. The lowest BCUT2D eigenvalue weighted by Gasteiger charge is -2.65. The molecule has 2 aliphatic heterocycles. The standard InChI is InChI=1S/C34H40Cl2N2O5/c1-19(2)17-38(29(41)15-22-6-8-24(35)25(36)14-22)26-10-11-34(43-20(3)39)28-16-23-7-9-27(40)31-30(23)33(34,32(26)42-31)12-13-37(28)18-21-4-5-21/h6-9,14,19,21,26,28,32,40H,4-5,10-13,15-18H2,1-3H3/t26?,28-,32?,33+,34-/m1/s1. The van der Waals surface area contributed by atoms with Crippen LogP contribution >= 0.6 is 23.2 Å². The number of carbonyl (C=O) groups excluding carboxylic acids is 2. The van der Waals surface area contributed by atoms with E-state index in [1.165, 1.54) is 19.8 Å². The molecule has 1 saturated heterocycles. The van der Waals surface area contributed by atoms with Crippen molar-refractivity contribution in [2.24, 2.45) is 11.8 Å². The van der Waals surface area contributed by atoms with Gasteiger partial charge in [0.15, 0.2) is 11.5 Å². The molecular formula is C34H40Cl2N2O5. The van der Waals surface area contributed by atoms with Gasteiger partial charge in [-0.1, -0.05) is 49.2 Å². The van der Waals surface area contributed by atoms with E-state index >= 15 is 0 Å². The van der Waals surface area contributed by atoms with Gasteiger partial charge in [0.2, 0.25) is 5.91 Å². The number of amides is 1. The van der Waals surface area contributed by atoms with E-state index in [-0.39, 0.29) is 42.0 Å². The molecule has 3 fully saturated rings. The predicted molar refractivity (Wildman–Crippen MR) is 165 cm³/mol. The number of esters is 1. The van der Waals surface area contributed by atoms with Crippen molar-refractivity contribution < 1.29 is 24.2 Å². The van der Waals surface area contributed by atoms with E-state index in [2.05, 4.69) is 18.7 Å². The average molecular weight is 628 g/mol. The second-order valence-corrected chi connectivity index (χ2v) is 14.6. The minimum Gasteiger partial charge on any atom is -0.504 e. The van der Waals surface area contributed by atoms with Crippen LogP contribution in [0.4, 0.5) is 0 Å². The second-order valence-electron chi connectivity index (χ2n) is 13.8. The summed E-state index contributed by atoms with van der Waals surface area (Å²) in [6.07, 6.45) is 5.00. The second kappa shape index (κ2) is 10.6. The zero-order chi connectivity index (χ0) is 30.3. The number of ether oxygens (including phenoxy) is 2. The summed E-state index contributed by atoms with van der Waals surface area (Å²) in [7, 11) is 0. The SMILES string of the molecule is CC(=O)O[C@@]12CCC(N(CC(C)C)C(=O)Cc3ccc(Cl)c(Cl)c3)C3Oc4c(O)ccc5c4[C@@]31CCN(CC1CC1)[C@@H]2C5. The van der Waals surface area contributed by atoms with Crippen molar-refractivity contribution in [3.8, 4) is 11.5 Å². The van der Waals surface area contributed by atoms with Crippen molar-refractivity contribution in [1.82, 2.24) is 9.80 Å². The maximum Gasteiger partial charge on any atom is 0.303 e. The van der Waals surface area contributed by atoms with Gasteiger partial charge in [0, 0.05) is 25.6 Å². The summed E-state index contributed by atoms with van der Waals surface area (Å²) in [5.41, 5.74) is 1.50. The zero-order valence-corrected chi connectivity index (χ0v) is 26.6. The van der Waals surface area contributed by atoms with E-state index in [9.17, 15) is 14.7 Å². The van der Waals surface area contributed by atoms with E-state index < -0.39 is 17.1 Å². The van der Waals surface area contributed by atoms with Crippen LogP contribution in [0.15, 0.2) is 30.3 Å². The molecule has 43 heavy (non-hydrogen) atoms. The minimum atomic E-state index is -0.796. The third-order valence-corrected chi connectivity index (χ3v) is 11.4. The Labute approximate surface area is 263 Å². The summed E-state index contributed by atoms with van der Waals surface area (Å²) in [6.45, 7) is 8.19. The quantitative estimate of drug-likeness (QED) is 0.366. The highest BCUT2D eigenvalue weighted by Crippen LogP contribution is 2.67. The molecule has 1 spiro atoms. The van der Waals surface area contributed by atoms with Gasteiger partial charge in [-0.3, -0.25) is 14.5 Å². The molecule has 0 radical (unpaired) electrons. The monoisotopic (exact) mass is 626 g/mol. The van der Waals surface area contributed by atoms with Crippen LogP contribution in [0.25, 0.3) is 0 Å². The molecule has 230 valence electrons. The van der Waals surface area contributed by atoms with Gasteiger partial charge in [-0.15, -0.1) is 0 Å². The number of phenols is 1. The highest BCUT2D eigenvalue weighted by atomic mass is 35.5. The fourth-order valence-electron chi connectivity index (χ4n) is 8.95. The molecule has 7 rings (SSSR count). The third kappa shape index (κ3) is 4.55. The fourth-order valence-corrected chi connectivity index (χ4v) is 9.27. The summed E-state index contributed by atoms with van der Waals surface area (Å²) in [5.74, 6) is 1.24. The molecular weight excluding hydrogens is 587 g/mol. The van der Waals surface area contributed by atoms with Crippen LogP contribution in [-0.2, 0) is 32.6 Å². The molecule has 2 aromatic carbocycles. The van der Waals surface area contributed by atoms with Crippen LogP contribution in [0.1, 0.15) is 69.6 Å². The number of benzene rings is 2. The fraction of sp³-hybridized carbons (Fsp3) is 0.588. The predicted octanol–water partition coefficient (Wildman–Crippen LogP) is 5.93. The van der Waals surface area contributed by atoms with Gasteiger partial charge in [-0.05, 0) is 86.2 Å². The van der Waals surface area contributed by atoms with Gasteiger partial charge in [-0.2, -0.15) is 0 Å². The zero-order valence-electron chi connectivity index (χ0n) is 25.1. The maximum absolute atomic E-state index is 14.2. The van der Waals surface area contributed by atoms with Gasteiger partial charge in [0.25, 0.3) is 0 Å². The molecule has 9 heteroatoms. The molecule has 5 aliphatic rings. The molecule has 7 nitrogen and oxygen atoms in total. The van der Waals surface area contributed by atoms with Crippen LogP contribution in [0.3, 0.4) is 0 Å². The smallest absolute Gasteiger partial charge is 0.303 e. The molecule has 0 aromatic heterocycles. The number of carbonyl (C=O) groups is 2. The Kier molecular flexibility index (Phi) is 7.18. The van der Waals surface area contributed by atoms with Crippen molar-refractivity contribution in [1.29, 1.82) is 0 Å². The Balaban J connectivity index is 1.33. The number of halogens is 2. The van der Waals surface area contributed by atoms with Crippen LogP contribution in [-0.4, -0.2) is 70.2 Å². The van der Waals surface area contributed by atoms with E-state index in [0.717, 1.165) is 42.6 Å². The van der Waals surface area contributed by atoms with Crippen molar-refractivity contribution >= 4 is 35.1 Å². The first-order valence-corrected chi connectivity index (χ1v) is 16.5. The molecule has 2 aromatic rings. The van der Waals surface area contributed by atoms with E-state index in [4.69, 9.17) is 32.7 Å². The van der Waals surface area contributed by atoms with E-state index in [1.807, 2.05) is 17.0 Å². The Bertz CT molecular complexity index is 1480. The lowest BCUT2D eigenvalue weighted by Crippen LogP contribution is -2.79. The molecule has 2 unspecified atom stereocenters. The van der Waals surface area contributed by atoms with Gasteiger partial charge in [-0.25, -0.2) is 0 Å². The van der Waals surface area contributed by atoms with Crippen LogP contribution < -0.4 is 4.74 Å². The number of hydrogen-bond donors (Lipinski definition) is 1. The number of hydrogen-bond acceptors (Lipinski definition) is 6. The average Bonchev–Trinajstić information content (AvgIpc) is 3.69. The van der Waals surface area contributed by atoms with Crippen LogP contribution in [0.5, 0.6) is 11.5 Å². The van der Waals surface area contributed by atoms with E-state index in [0.29, 0.717) is 41.1 Å². The first-order chi connectivity index (χ1) is 20.5. The lowest BCUT2D eigenvalue weighted by atomic mass is 9.48. The molecule has 3 aliphatic carbocycles. The number of aromatic hydroxyl groups is 1. The van der Waals surface area contributed by atoms with Crippen molar-refractivity contribution in [2.45, 2.75) is 94.9 Å². The van der Waals surface area contributed by atoms with Gasteiger partial charge < -0.3 is 19.5 Å². The highest BCUT2D eigenvalue weighted by Gasteiger charge is 2.75. The Morgan fingerprint density at radius 1 is 1.14 bits per heavy atom. The Morgan fingerprint density at radius 2 is 1.93 bits per heavy atom. The third-order valence-electron chi connectivity index (χ3n) is 10.6. The largest absolute Gasteiger partial charge is 0.504 e. The summed E-state index contributed by atoms with van der Waals surface area (Å²) in [5, 5.41) is 12.0. The summed E-state index contributed by atoms with van der Waals surface area (Å²) in [4.78, 5) is 31.7. The van der Waals surface area contributed by atoms with Crippen LogP contribution in [0, 0.1) is 11.8 Å². The molecule has 2 heterocycles. The minimum absolute atomic E-state index is 0.00370. The number of piperidine rings is 1. The van der Waals surface area contributed by atoms with Gasteiger partial charge >= 0.3 is 5.97 Å². The first kappa shape index (κ1) is 29.2. The van der Waals surface area contributed by atoms with Crippen molar-refractivity contribution in [3.05, 3.63) is 57.1 Å². The molecule has 5 atom stereocenters. The Hall–Kier alpha value is -2.48. The van der Waals surface area contributed by atoms with Gasteiger partial charge in [0.1, 0.15) is 11.7 Å². The topological polar surface area (TPSA) is 79.3 Å². The van der Waals surface area contributed by atoms with E-state index in [1.54, 1.807) is 18.2 Å². The number of rotatable bonds is 8. The summed E-state index contributed by atoms with van der Waals surface area (Å²) < 4.78 is 13.5. The summed E-state index contributed by atoms with van der Waals surface area (Å²) in [6, 6.07) is 8.86. The maximum atomic E-state index is 14.2. The van der Waals surface area contributed by atoms with Crippen LogP contribution in [0.2, 0.25) is 10.0 Å². The number of phenolic OH excluding ortho intramolecular Hbond substituents is 1. The lowest BCUT2D eigenvalue weighted by molar-refractivity contribution is -0.224. The summed E-state index contributed by atoms with van der Waals surface area (Å²) >= 11 is 12.5. The molecule has 2 bridgehead atoms. The first-order valence-electron chi connectivity index (χ1n) is 15.7. The molecule has 1 amide bonds. The van der Waals surface area contributed by atoms with Gasteiger partial charge in [0.05, 0.1) is 34.0 Å². The molecule has 2 saturated carbocycles. The molecule has 1 N–H and O–H groups in total. The van der Waals surface area contributed by atoms with Crippen molar-refractivity contribution in [2.75, 3.05) is 19.6 Å².